The predicted molar refractivity (Wildman–Crippen MR) is 118 cm³/mol. The zero-order valence-electron chi connectivity index (χ0n) is 17.2. The first-order valence-electron chi connectivity index (χ1n) is 9.91. The first-order valence-corrected chi connectivity index (χ1v) is 10.3. The summed E-state index contributed by atoms with van der Waals surface area (Å²) in [6.07, 6.45) is 3.43. The highest BCUT2D eigenvalue weighted by molar-refractivity contribution is 6.36. The summed E-state index contributed by atoms with van der Waals surface area (Å²) < 4.78 is 6.09. The molecular weight excluding hydrogens is 418 g/mol. The number of carbonyl (C=O) groups is 2. The third-order valence-electron chi connectivity index (χ3n) is 5.08. The minimum absolute atomic E-state index is 0.0354. The van der Waals surface area contributed by atoms with E-state index < -0.39 is 0 Å². The van der Waals surface area contributed by atoms with Gasteiger partial charge in [-0.3, -0.25) is 20.0 Å². The largest absolute Gasteiger partial charge is 0.489 e. The van der Waals surface area contributed by atoms with Crippen LogP contribution >= 0.6 is 11.6 Å². The van der Waals surface area contributed by atoms with Crippen molar-refractivity contribution in [2.75, 3.05) is 13.1 Å². The lowest BCUT2D eigenvalue weighted by molar-refractivity contribution is -0.130. The van der Waals surface area contributed by atoms with Gasteiger partial charge in [-0.2, -0.15) is 0 Å². The molecule has 1 aliphatic heterocycles. The van der Waals surface area contributed by atoms with Crippen LogP contribution in [0.5, 0.6) is 5.75 Å². The molecule has 2 heterocycles. The second kappa shape index (κ2) is 10.2. The molecule has 0 saturated carbocycles. The number of pyridine rings is 1. The highest BCUT2D eigenvalue weighted by Crippen LogP contribution is 2.24. The van der Waals surface area contributed by atoms with Gasteiger partial charge in [0.1, 0.15) is 17.5 Å². The van der Waals surface area contributed by atoms with Crippen LogP contribution in [0.4, 0.5) is 0 Å². The Balaban J connectivity index is 1.72. The van der Waals surface area contributed by atoms with Crippen molar-refractivity contribution in [1.82, 2.24) is 15.2 Å². The maximum Gasteiger partial charge on any atom is 0.270 e. The number of likely N-dealkylation sites (tertiary alicyclic amines) is 1. The Morgan fingerprint density at radius 1 is 1.29 bits per heavy atom. The van der Waals surface area contributed by atoms with Gasteiger partial charge in [0.2, 0.25) is 5.91 Å². The van der Waals surface area contributed by atoms with Gasteiger partial charge in [0.15, 0.2) is 0 Å². The fourth-order valence-electron chi connectivity index (χ4n) is 3.28. The molecule has 0 radical (unpaired) electrons. The molecule has 8 nitrogen and oxygen atoms in total. The molecule has 1 aromatic carbocycles. The third-order valence-corrected chi connectivity index (χ3v) is 5.33. The van der Waals surface area contributed by atoms with Gasteiger partial charge in [-0.15, -0.1) is 0 Å². The quantitative estimate of drug-likeness (QED) is 0.572. The van der Waals surface area contributed by atoms with E-state index in [2.05, 4.69) is 10.3 Å². The first-order chi connectivity index (χ1) is 14.9. The third kappa shape index (κ3) is 5.88. The molecule has 1 fully saturated rings. The van der Waals surface area contributed by atoms with E-state index in [-0.39, 0.29) is 29.3 Å². The van der Waals surface area contributed by atoms with Crippen molar-refractivity contribution in [3.8, 4) is 5.75 Å². The van der Waals surface area contributed by atoms with E-state index in [4.69, 9.17) is 27.2 Å². The van der Waals surface area contributed by atoms with Crippen LogP contribution in [0.15, 0.2) is 36.5 Å². The van der Waals surface area contributed by atoms with Crippen molar-refractivity contribution in [3.63, 3.8) is 0 Å². The maximum atomic E-state index is 12.6. The van der Waals surface area contributed by atoms with Gasteiger partial charge in [-0.1, -0.05) is 23.7 Å². The molecule has 2 aromatic rings. The van der Waals surface area contributed by atoms with Crippen molar-refractivity contribution in [1.29, 1.82) is 10.8 Å². The van der Waals surface area contributed by atoms with Crippen molar-refractivity contribution >= 4 is 35.3 Å². The van der Waals surface area contributed by atoms with Crippen molar-refractivity contribution in [2.45, 2.75) is 32.4 Å². The molecule has 1 aliphatic rings. The average molecular weight is 442 g/mol. The number of carbonyl (C=O) groups excluding carboxylic acids is 2. The summed E-state index contributed by atoms with van der Waals surface area (Å²) in [5, 5.41) is 18.8. The lowest BCUT2D eigenvalue weighted by atomic mass is 10.1. The Kier molecular flexibility index (Phi) is 7.36. The Hall–Kier alpha value is -3.26. The van der Waals surface area contributed by atoms with E-state index in [9.17, 15) is 9.59 Å². The van der Waals surface area contributed by atoms with Gasteiger partial charge in [-0.05, 0) is 17.7 Å². The maximum absolute atomic E-state index is 12.6. The molecule has 3 rings (SSSR count). The Morgan fingerprint density at radius 2 is 1.97 bits per heavy atom. The van der Waals surface area contributed by atoms with Crippen LogP contribution in [0.25, 0.3) is 0 Å². The number of ether oxygens (including phenoxy) is 1. The number of hydrogen-bond donors (Lipinski definition) is 3. The van der Waals surface area contributed by atoms with Crippen LogP contribution in [-0.4, -0.2) is 52.8 Å². The van der Waals surface area contributed by atoms with Crippen LogP contribution in [-0.2, 0) is 11.3 Å². The number of piperidine rings is 1. The summed E-state index contributed by atoms with van der Waals surface area (Å²) >= 11 is 5.88. The second-order valence-electron chi connectivity index (χ2n) is 7.26. The topological polar surface area (TPSA) is 119 Å². The Bertz CT molecular complexity index is 985. The lowest BCUT2D eigenvalue weighted by Gasteiger charge is -2.31. The smallest absolute Gasteiger partial charge is 0.270 e. The monoisotopic (exact) mass is 441 g/mol. The van der Waals surface area contributed by atoms with E-state index in [0.29, 0.717) is 48.8 Å². The van der Waals surface area contributed by atoms with E-state index in [1.807, 2.05) is 12.1 Å². The molecule has 1 saturated heterocycles. The predicted octanol–water partition coefficient (Wildman–Crippen LogP) is 3.07. The molecule has 0 atom stereocenters. The molecule has 162 valence electrons. The molecule has 0 bridgehead atoms. The van der Waals surface area contributed by atoms with E-state index in [1.54, 1.807) is 24.0 Å². The van der Waals surface area contributed by atoms with Crippen molar-refractivity contribution < 1.29 is 14.3 Å². The zero-order valence-corrected chi connectivity index (χ0v) is 17.9. The summed E-state index contributed by atoms with van der Waals surface area (Å²) in [5.74, 6) is -0.00571. The van der Waals surface area contributed by atoms with Gasteiger partial charge < -0.3 is 20.4 Å². The highest BCUT2D eigenvalue weighted by Gasteiger charge is 2.24. The number of aromatic nitrogens is 1. The van der Waals surface area contributed by atoms with Gasteiger partial charge in [-0.25, -0.2) is 0 Å². The summed E-state index contributed by atoms with van der Waals surface area (Å²) in [5.41, 5.74) is 1.34. The molecule has 0 unspecified atom stereocenters. The molecular formula is C22H24ClN5O3. The first kappa shape index (κ1) is 22.4. The van der Waals surface area contributed by atoms with Crippen LogP contribution in [0.2, 0.25) is 5.02 Å². The molecule has 9 heteroatoms. The van der Waals surface area contributed by atoms with Crippen LogP contribution in [0.1, 0.15) is 41.4 Å². The summed E-state index contributed by atoms with van der Waals surface area (Å²) in [6.45, 7) is 3.05. The molecule has 3 N–H and O–H groups in total. The van der Waals surface area contributed by atoms with E-state index in [0.717, 1.165) is 11.8 Å². The molecule has 1 aromatic heterocycles. The van der Waals surface area contributed by atoms with Gasteiger partial charge in [0.25, 0.3) is 5.91 Å². The van der Waals surface area contributed by atoms with E-state index >= 15 is 0 Å². The number of nitrogens with zero attached hydrogens (tertiary/aromatic N) is 2. The average Bonchev–Trinajstić information content (AvgIpc) is 2.78. The summed E-state index contributed by atoms with van der Waals surface area (Å²) in [4.78, 5) is 30.0. The van der Waals surface area contributed by atoms with Crippen LogP contribution < -0.4 is 10.1 Å². The SMILES string of the molecule is CC(=O)N1CCC(Oc2cc(C(=O)NCc3ccc(Cl)cc3)ncc2C(=N)C=N)CC1. The molecule has 0 spiro atoms. The van der Waals surface area contributed by atoms with Crippen molar-refractivity contribution in [3.05, 3.63) is 58.4 Å². The number of halogens is 1. The lowest BCUT2D eigenvalue weighted by Crippen LogP contribution is -2.40. The molecule has 31 heavy (non-hydrogen) atoms. The van der Waals surface area contributed by atoms with E-state index in [1.165, 1.54) is 12.3 Å². The summed E-state index contributed by atoms with van der Waals surface area (Å²) in [7, 11) is 0. The number of rotatable bonds is 7. The van der Waals surface area contributed by atoms with Crippen molar-refractivity contribution in [2.24, 2.45) is 0 Å². The standard InChI is InChI=1S/C22H24ClN5O3/c1-14(29)28-8-6-17(7-9-28)31-21-10-20(26-13-18(21)19(25)11-24)22(30)27-12-15-2-4-16(23)5-3-15/h2-5,10-11,13,17,24-25H,6-9,12H2,1H3,(H,27,30). The minimum Gasteiger partial charge on any atom is -0.489 e. The normalized spacial score (nSPS) is 14.1. The van der Waals surface area contributed by atoms with Crippen LogP contribution in [0.3, 0.4) is 0 Å². The van der Waals surface area contributed by atoms with Crippen LogP contribution in [0, 0.1) is 10.8 Å². The molecule has 2 amide bonds. The van der Waals surface area contributed by atoms with Gasteiger partial charge in [0, 0.05) is 62.9 Å². The number of hydrogen-bond acceptors (Lipinski definition) is 6. The fraction of sp³-hybridized carbons (Fsp3) is 0.318. The Morgan fingerprint density at radius 3 is 2.58 bits per heavy atom. The van der Waals surface area contributed by atoms with Gasteiger partial charge in [0.05, 0.1) is 11.3 Å². The highest BCUT2D eigenvalue weighted by atomic mass is 35.5. The second-order valence-corrected chi connectivity index (χ2v) is 7.69. The van der Waals surface area contributed by atoms with Gasteiger partial charge >= 0.3 is 0 Å². The number of nitrogens with one attached hydrogen (secondary N) is 3. The Labute approximate surface area is 185 Å². The molecule has 0 aliphatic carbocycles. The minimum atomic E-state index is -0.376. The zero-order chi connectivity index (χ0) is 22.4. The number of amides is 2. The summed E-state index contributed by atoms with van der Waals surface area (Å²) in [6, 6.07) is 8.66. The fourth-order valence-corrected chi connectivity index (χ4v) is 3.41. The number of benzene rings is 1.